The van der Waals surface area contributed by atoms with Gasteiger partial charge in [-0.25, -0.2) is 0 Å². The number of allylic oxidation sites excluding steroid dienone is 1. The van der Waals surface area contributed by atoms with E-state index in [0.29, 0.717) is 5.92 Å². The number of unbranched alkanes of at least 4 members (excludes halogenated alkanes) is 1. The van der Waals surface area contributed by atoms with Crippen molar-refractivity contribution in [2.75, 3.05) is 19.0 Å². The zero-order valence-electron chi connectivity index (χ0n) is 7.96. The molecule has 0 aliphatic rings. The van der Waals surface area contributed by atoms with Crippen molar-refractivity contribution in [2.45, 2.75) is 26.2 Å². The van der Waals surface area contributed by atoms with Gasteiger partial charge in [0, 0.05) is 6.61 Å². The Morgan fingerprint density at radius 2 is 2.33 bits per heavy atom. The molecule has 0 saturated carbocycles. The van der Waals surface area contributed by atoms with Gasteiger partial charge in [-0.3, -0.25) is 0 Å². The lowest BCUT2D eigenvalue weighted by atomic mass is 10.1. The minimum absolute atomic E-state index is 0.622. The van der Waals surface area contributed by atoms with Gasteiger partial charge in [0.05, 0.1) is 6.61 Å². The number of hydrogen-bond acceptors (Lipinski definition) is 2. The number of ether oxygens (including phenoxy) is 1. The Kier molecular flexibility index (Phi) is 9.18. The van der Waals surface area contributed by atoms with Crippen LogP contribution >= 0.6 is 12.6 Å². The second-order valence-electron chi connectivity index (χ2n) is 2.96. The molecule has 0 radical (unpaired) electrons. The Morgan fingerprint density at radius 1 is 1.58 bits per heavy atom. The standard InChI is InChI=1S/C10H20OS/c1-3-5-6-7-11-8-10(4-2)9-12/h3,10,12H,1,4-9H2,2H3. The van der Waals surface area contributed by atoms with Crippen molar-refractivity contribution in [3.63, 3.8) is 0 Å². The van der Waals surface area contributed by atoms with E-state index >= 15 is 0 Å². The summed E-state index contributed by atoms with van der Waals surface area (Å²) in [7, 11) is 0. The maximum absolute atomic E-state index is 5.48. The van der Waals surface area contributed by atoms with Crippen molar-refractivity contribution in [1.29, 1.82) is 0 Å². The van der Waals surface area contributed by atoms with Crippen LogP contribution in [-0.4, -0.2) is 19.0 Å². The van der Waals surface area contributed by atoms with E-state index in [2.05, 4.69) is 26.1 Å². The van der Waals surface area contributed by atoms with Gasteiger partial charge in [0.2, 0.25) is 0 Å². The van der Waals surface area contributed by atoms with E-state index in [1.165, 1.54) is 0 Å². The lowest BCUT2D eigenvalue weighted by Crippen LogP contribution is -2.10. The highest BCUT2D eigenvalue weighted by atomic mass is 32.1. The van der Waals surface area contributed by atoms with Crippen LogP contribution in [0.2, 0.25) is 0 Å². The van der Waals surface area contributed by atoms with Crippen LogP contribution in [0.4, 0.5) is 0 Å². The molecule has 0 aromatic rings. The Labute approximate surface area is 81.6 Å². The van der Waals surface area contributed by atoms with Gasteiger partial charge in [0.1, 0.15) is 0 Å². The van der Waals surface area contributed by atoms with Gasteiger partial charge >= 0.3 is 0 Å². The van der Waals surface area contributed by atoms with Crippen LogP contribution in [0.25, 0.3) is 0 Å². The summed E-state index contributed by atoms with van der Waals surface area (Å²) in [5.41, 5.74) is 0. The predicted octanol–water partition coefficient (Wildman–Crippen LogP) is 2.93. The van der Waals surface area contributed by atoms with Crippen LogP contribution in [0, 0.1) is 5.92 Å². The van der Waals surface area contributed by atoms with Gasteiger partial charge in [-0.05, 0) is 24.5 Å². The lowest BCUT2D eigenvalue weighted by molar-refractivity contribution is 0.103. The monoisotopic (exact) mass is 188 g/mol. The van der Waals surface area contributed by atoms with E-state index in [0.717, 1.165) is 38.2 Å². The molecule has 0 spiro atoms. The first-order valence-electron chi connectivity index (χ1n) is 4.64. The summed E-state index contributed by atoms with van der Waals surface area (Å²) in [6.45, 7) is 7.55. The molecule has 0 aromatic carbocycles. The minimum atomic E-state index is 0.622. The lowest BCUT2D eigenvalue weighted by Gasteiger charge is -2.11. The summed E-state index contributed by atoms with van der Waals surface area (Å²) in [5.74, 6) is 1.55. The first-order valence-corrected chi connectivity index (χ1v) is 5.27. The number of thiol groups is 1. The maximum atomic E-state index is 5.48. The van der Waals surface area contributed by atoms with Gasteiger partial charge in [0.25, 0.3) is 0 Å². The van der Waals surface area contributed by atoms with Gasteiger partial charge in [0.15, 0.2) is 0 Å². The third kappa shape index (κ3) is 6.74. The van der Waals surface area contributed by atoms with E-state index < -0.39 is 0 Å². The molecule has 0 aliphatic carbocycles. The van der Waals surface area contributed by atoms with E-state index in [9.17, 15) is 0 Å². The first-order chi connectivity index (χ1) is 5.85. The fraction of sp³-hybridized carbons (Fsp3) is 0.800. The Balaban J connectivity index is 3.11. The molecule has 0 saturated heterocycles. The average Bonchev–Trinajstić information content (AvgIpc) is 2.11. The zero-order chi connectivity index (χ0) is 9.23. The van der Waals surface area contributed by atoms with E-state index in [-0.39, 0.29) is 0 Å². The summed E-state index contributed by atoms with van der Waals surface area (Å²) in [6, 6.07) is 0. The molecule has 0 fully saturated rings. The van der Waals surface area contributed by atoms with Crippen molar-refractivity contribution < 1.29 is 4.74 Å². The molecule has 0 rings (SSSR count). The van der Waals surface area contributed by atoms with Crippen molar-refractivity contribution in [3.05, 3.63) is 12.7 Å². The van der Waals surface area contributed by atoms with Crippen LogP contribution in [-0.2, 0) is 4.74 Å². The van der Waals surface area contributed by atoms with E-state index in [4.69, 9.17) is 4.74 Å². The normalized spacial score (nSPS) is 12.8. The molecule has 0 aliphatic heterocycles. The topological polar surface area (TPSA) is 9.23 Å². The Morgan fingerprint density at radius 3 is 2.83 bits per heavy atom. The number of rotatable bonds is 8. The summed E-state index contributed by atoms with van der Waals surface area (Å²) in [4.78, 5) is 0. The molecule has 0 aromatic heterocycles. The average molecular weight is 188 g/mol. The first kappa shape index (κ1) is 12.0. The summed E-state index contributed by atoms with van der Waals surface area (Å²) >= 11 is 4.24. The Hall–Kier alpha value is 0.0500. The second-order valence-corrected chi connectivity index (χ2v) is 3.33. The van der Waals surface area contributed by atoms with Gasteiger partial charge < -0.3 is 4.74 Å². The highest BCUT2D eigenvalue weighted by Gasteiger charge is 2.02. The fourth-order valence-electron chi connectivity index (χ4n) is 0.879. The second kappa shape index (κ2) is 9.14. The SMILES string of the molecule is C=CCCCOCC(CC)CS. The molecule has 12 heavy (non-hydrogen) atoms. The highest BCUT2D eigenvalue weighted by Crippen LogP contribution is 2.05. The van der Waals surface area contributed by atoms with Crippen LogP contribution in [0.5, 0.6) is 0 Å². The molecule has 0 heterocycles. The third-order valence-electron chi connectivity index (χ3n) is 1.89. The molecular formula is C10H20OS. The molecule has 72 valence electrons. The Bertz CT molecular complexity index is 100. The van der Waals surface area contributed by atoms with E-state index in [1.807, 2.05) is 6.08 Å². The van der Waals surface area contributed by atoms with Crippen LogP contribution in [0.3, 0.4) is 0 Å². The van der Waals surface area contributed by atoms with Gasteiger partial charge in [-0.1, -0.05) is 19.4 Å². The molecular weight excluding hydrogens is 168 g/mol. The van der Waals surface area contributed by atoms with Crippen molar-refractivity contribution in [3.8, 4) is 0 Å². The molecule has 1 nitrogen and oxygen atoms in total. The predicted molar refractivity (Wildman–Crippen MR) is 57.9 cm³/mol. The molecule has 2 heteroatoms. The molecule has 0 N–H and O–H groups in total. The molecule has 0 amide bonds. The van der Waals surface area contributed by atoms with Crippen LogP contribution in [0.1, 0.15) is 26.2 Å². The fourth-order valence-corrected chi connectivity index (χ4v) is 1.24. The van der Waals surface area contributed by atoms with Gasteiger partial charge in [-0.15, -0.1) is 6.58 Å². The summed E-state index contributed by atoms with van der Waals surface area (Å²) < 4.78 is 5.48. The highest BCUT2D eigenvalue weighted by molar-refractivity contribution is 7.80. The number of hydrogen-bond donors (Lipinski definition) is 1. The van der Waals surface area contributed by atoms with Gasteiger partial charge in [-0.2, -0.15) is 12.6 Å². The molecule has 1 unspecified atom stereocenters. The minimum Gasteiger partial charge on any atom is -0.381 e. The van der Waals surface area contributed by atoms with Crippen molar-refractivity contribution in [1.82, 2.24) is 0 Å². The zero-order valence-corrected chi connectivity index (χ0v) is 8.85. The van der Waals surface area contributed by atoms with E-state index in [1.54, 1.807) is 0 Å². The smallest absolute Gasteiger partial charge is 0.0501 e. The van der Waals surface area contributed by atoms with Crippen molar-refractivity contribution >= 4 is 12.6 Å². The molecule has 1 atom stereocenters. The third-order valence-corrected chi connectivity index (χ3v) is 2.40. The quantitative estimate of drug-likeness (QED) is 0.350. The molecule has 0 bridgehead atoms. The summed E-state index contributed by atoms with van der Waals surface area (Å²) in [6.07, 6.45) is 5.23. The largest absolute Gasteiger partial charge is 0.381 e. The van der Waals surface area contributed by atoms with Crippen LogP contribution < -0.4 is 0 Å². The van der Waals surface area contributed by atoms with Crippen LogP contribution in [0.15, 0.2) is 12.7 Å². The summed E-state index contributed by atoms with van der Waals surface area (Å²) in [5, 5.41) is 0. The maximum Gasteiger partial charge on any atom is 0.0501 e. The van der Waals surface area contributed by atoms with Crippen molar-refractivity contribution in [2.24, 2.45) is 5.92 Å².